The molecule has 1 rings (SSSR count). The largest absolute Gasteiger partial charge is 0.480 e. The second kappa shape index (κ2) is 4.61. The van der Waals surface area contributed by atoms with Crippen LogP contribution in [0.2, 0.25) is 0 Å². The van der Waals surface area contributed by atoms with E-state index in [0.29, 0.717) is 18.8 Å². The summed E-state index contributed by atoms with van der Waals surface area (Å²) in [5.41, 5.74) is 4.06. The number of rotatable bonds is 4. The highest BCUT2D eigenvalue weighted by atomic mass is 16.4. The summed E-state index contributed by atoms with van der Waals surface area (Å²) in [6.07, 6.45) is 2.88. The number of aliphatic carboxylic acids is 1. The number of carbonyl (C=O) groups is 2. The minimum atomic E-state index is -0.943. The third-order valence-electron chi connectivity index (χ3n) is 3.14. The average Bonchev–Trinajstić information content (AvgIpc) is 2.17. The average molecular weight is 214 g/mol. The fraction of sp³-hybridized carbons (Fsp3) is 0.800. The maximum Gasteiger partial charge on any atom is 0.323 e. The van der Waals surface area contributed by atoms with E-state index < -0.39 is 17.4 Å². The molecule has 5 nitrogen and oxygen atoms in total. The number of hydrogen-bond donors (Lipinski definition) is 3. The molecule has 1 aliphatic rings. The fourth-order valence-electron chi connectivity index (χ4n) is 1.98. The molecule has 4 N–H and O–H groups in total. The molecular formula is C10H18N2O3. The van der Waals surface area contributed by atoms with Crippen molar-refractivity contribution in [3.8, 4) is 0 Å². The lowest BCUT2D eigenvalue weighted by Gasteiger charge is -2.36. The van der Waals surface area contributed by atoms with Crippen LogP contribution in [0.3, 0.4) is 0 Å². The Morgan fingerprint density at radius 3 is 2.40 bits per heavy atom. The molecule has 0 aromatic rings. The Kier molecular flexibility index (Phi) is 3.68. The van der Waals surface area contributed by atoms with Crippen molar-refractivity contribution in [3.05, 3.63) is 0 Å². The number of carboxylic acid groups (broad SMARTS) is 1. The number of carbonyl (C=O) groups excluding carboxylic acids is 1. The van der Waals surface area contributed by atoms with Gasteiger partial charge in [0, 0.05) is 0 Å². The lowest BCUT2D eigenvalue weighted by molar-refractivity contribution is -0.146. The molecule has 0 aromatic carbocycles. The molecule has 1 fully saturated rings. The summed E-state index contributed by atoms with van der Waals surface area (Å²) in [5, 5.41) is 12.0. The molecule has 1 amide bonds. The minimum absolute atomic E-state index is 0.0688. The Morgan fingerprint density at radius 2 is 2.00 bits per heavy atom. The molecule has 0 heterocycles. The lowest BCUT2D eigenvalue weighted by Crippen LogP contribution is -2.56. The first kappa shape index (κ1) is 12.0. The zero-order valence-corrected chi connectivity index (χ0v) is 8.95. The Bertz CT molecular complexity index is 257. The van der Waals surface area contributed by atoms with Crippen LogP contribution in [-0.2, 0) is 9.59 Å². The van der Waals surface area contributed by atoms with Crippen molar-refractivity contribution >= 4 is 11.9 Å². The second-order valence-corrected chi connectivity index (χ2v) is 4.39. The predicted molar refractivity (Wildman–Crippen MR) is 55.2 cm³/mol. The molecule has 0 spiro atoms. The van der Waals surface area contributed by atoms with Crippen molar-refractivity contribution in [3.63, 3.8) is 0 Å². The van der Waals surface area contributed by atoms with Crippen molar-refractivity contribution in [2.45, 2.75) is 38.1 Å². The van der Waals surface area contributed by atoms with Gasteiger partial charge in [0.15, 0.2) is 0 Å². The number of nitrogens with two attached hydrogens (primary N) is 1. The van der Waals surface area contributed by atoms with E-state index >= 15 is 0 Å². The molecule has 86 valence electrons. The SMILES string of the molecule is CC1CCC(NCC(N)=O)(C(=O)O)CC1. The molecule has 0 bridgehead atoms. The molecule has 0 aliphatic heterocycles. The molecule has 0 saturated heterocycles. The summed E-state index contributed by atoms with van der Waals surface area (Å²) in [4.78, 5) is 21.8. The van der Waals surface area contributed by atoms with Gasteiger partial charge >= 0.3 is 5.97 Å². The third-order valence-corrected chi connectivity index (χ3v) is 3.14. The van der Waals surface area contributed by atoms with E-state index in [1.807, 2.05) is 0 Å². The monoisotopic (exact) mass is 214 g/mol. The van der Waals surface area contributed by atoms with Crippen LogP contribution >= 0.6 is 0 Å². The lowest BCUT2D eigenvalue weighted by atomic mass is 9.77. The van der Waals surface area contributed by atoms with Gasteiger partial charge in [-0.1, -0.05) is 6.92 Å². The maximum atomic E-state index is 11.2. The normalized spacial score (nSPS) is 31.1. The summed E-state index contributed by atoms with van der Waals surface area (Å²) in [5.74, 6) is -0.835. The van der Waals surface area contributed by atoms with E-state index in [1.54, 1.807) is 0 Å². The molecule has 0 radical (unpaired) electrons. The van der Waals surface area contributed by atoms with Gasteiger partial charge in [-0.2, -0.15) is 0 Å². The first-order valence-electron chi connectivity index (χ1n) is 5.23. The summed E-state index contributed by atoms with van der Waals surface area (Å²) >= 11 is 0. The number of nitrogens with one attached hydrogen (secondary N) is 1. The number of primary amides is 1. The van der Waals surface area contributed by atoms with E-state index in [-0.39, 0.29) is 6.54 Å². The zero-order valence-electron chi connectivity index (χ0n) is 8.95. The van der Waals surface area contributed by atoms with Gasteiger partial charge in [-0.3, -0.25) is 14.9 Å². The van der Waals surface area contributed by atoms with Crippen LogP contribution in [0.15, 0.2) is 0 Å². The van der Waals surface area contributed by atoms with Gasteiger partial charge in [-0.25, -0.2) is 0 Å². The van der Waals surface area contributed by atoms with Crippen molar-refractivity contribution in [1.29, 1.82) is 0 Å². The maximum absolute atomic E-state index is 11.2. The van der Waals surface area contributed by atoms with Gasteiger partial charge in [-0.05, 0) is 31.6 Å². The topological polar surface area (TPSA) is 92.4 Å². The smallest absolute Gasteiger partial charge is 0.323 e. The second-order valence-electron chi connectivity index (χ2n) is 4.39. The molecule has 0 atom stereocenters. The molecule has 1 saturated carbocycles. The Hall–Kier alpha value is -1.10. The van der Waals surface area contributed by atoms with Gasteiger partial charge in [-0.15, -0.1) is 0 Å². The Labute approximate surface area is 89.0 Å². The highest BCUT2D eigenvalue weighted by Crippen LogP contribution is 2.31. The fourth-order valence-corrected chi connectivity index (χ4v) is 1.98. The molecule has 1 aliphatic carbocycles. The zero-order chi connectivity index (χ0) is 11.5. The van der Waals surface area contributed by atoms with Crippen LogP contribution in [0.5, 0.6) is 0 Å². The number of amides is 1. The van der Waals surface area contributed by atoms with E-state index in [9.17, 15) is 14.7 Å². The van der Waals surface area contributed by atoms with Crippen LogP contribution < -0.4 is 11.1 Å². The van der Waals surface area contributed by atoms with Crippen LogP contribution in [0.1, 0.15) is 32.6 Å². The van der Waals surface area contributed by atoms with E-state index in [4.69, 9.17) is 5.73 Å². The van der Waals surface area contributed by atoms with Crippen molar-refractivity contribution in [2.75, 3.05) is 6.54 Å². The van der Waals surface area contributed by atoms with Crippen LogP contribution in [0, 0.1) is 5.92 Å². The minimum Gasteiger partial charge on any atom is -0.480 e. The van der Waals surface area contributed by atoms with Gasteiger partial charge in [0.1, 0.15) is 5.54 Å². The van der Waals surface area contributed by atoms with Gasteiger partial charge in [0.2, 0.25) is 5.91 Å². The van der Waals surface area contributed by atoms with Crippen molar-refractivity contribution < 1.29 is 14.7 Å². The Balaban J connectivity index is 2.63. The Morgan fingerprint density at radius 1 is 1.47 bits per heavy atom. The van der Waals surface area contributed by atoms with Gasteiger partial charge in [0.25, 0.3) is 0 Å². The van der Waals surface area contributed by atoms with Gasteiger partial charge < -0.3 is 10.8 Å². The van der Waals surface area contributed by atoms with E-state index in [2.05, 4.69) is 12.2 Å². The van der Waals surface area contributed by atoms with Crippen LogP contribution in [-0.4, -0.2) is 29.1 Å². The van der Waals surface area contributed by atoms with Crippen LogP contribution in [0.4, 0.5) is 0 Å². The summed E-state index contributed by atoms with van der Waals surface area (Å²) in [6, 6.07) is 0. The summed E-state index contributed by atoms with van der Waals surface area (Å²) < 4.78 is 0. The summed E-state index contributed by atoms with van der Waals surface area (Å²) in [7, 11) is 0. The third kappa shape index (κ3) is 2.92. The van der Waals surface area contributed by atoms with Gasteiger partial charge in [0.05, 0.1) is 6.54 Å². The van der Waals surface area contributed by atoms with Crippen molar-refractivity contribution in [1.82, 2.24) is 5.32 Å². The standard InChI is InChI=1S/C10H18N2O3/c1-7-2-4-10(5-3-7,9(14)15)12-6-8(11)13/h7,12H,2-6H2,1H3,(H2,11,13)(H,14,15). The highest BCUT2D eigenvalue weighted by molar-refractivity contribution is 5.81. The molecule has 5 heteroatoms. The van der Waals surface area contributed by atoms with E-state index in [0.717, 1.165) is 12.8 Å². The number of hydrogen-bond acceptors (Lipinski definition) is 3. The number of carboxylic acids is 1. The highest BCUT2D eigenvalue weighted by Gasteiger charge is 2.40. The van der Waals surface area contributed by atoms with Crippen LogP contribution in [0.25, 0.3) is 0 Å². The summed E-state index contributed by atoms with van der Waals surface area (Å²) in [6.45, 7) is 2.04. The van der Waals surface area contributed by atoms with E-state index in [1.165, 1.54) is 0 Å². The van der Waals surface area contributed by atoms with Crippen molar-refractivity contribution in [2.24, 2.45) is 11.7 Å². The molecule has 0 aromatic heterocycles. The molecular weight excluding hydrogens is 196 g/mol. The quantitative estimate of drug-likeness (QED) is 0.618. The molecule has 15 heavy (non-hydrogen) atoms. The predicted octanol–water partition coefficient (Wildman–Crippen LogP) is 0.0948. The first-order chi connectivity index (χ1) is 6.96. The molecule has 0 unspecified atom stereocenters. The first-order valence-corrected chi connectivity index (χ1v) is 5.23.